The first kappa shape index (κ1) is 16.0. The van der Waals surface area contributed by atoms with E-state index in [-0.39, 0.29) is 11.8 Å². The topological polar surface area (TPSA) is 85.7 Å². The third-order valence-corrected chi connectivity index (χ3v) is 3.64. The predicted molar refractivity (Wildman–Crippen MR) is 93.7 cm³/mol. The lowest BCUT2D eigenvalue weighted by molar-refractivity contribution is -0.384. The average molecular weight is 345 g/mol. The standard InChI is InChI=1S/C16H15N3O4S/c20-19(21)12-7-5-11(6-8-12)18-16(24)17-9-13-10-22-14-3-1-2-4-15(14)23-13/h1-8,13H,9-10H2,(H2,17,18,24). The number of para-hydroxylation sites is 2. The second kappa shape index (κ2) is 7.14. The van der Waals surface area contributed by atoms with Crippen LogP contribution in [0.5, 0.6) is 11.5 Å². The first-order valence-corrected chi connectivity index (χ1v) is 7.70. The molecule has 0 saturated heterocycles. The molecule has 7 nitrogen and oxygen atoms in total. The van der Waals surface area contributed by atoms with Crippen LogP contribution in [0.2, 0.25) is 0 Å². The third-order valence-electron chi connectivity index (χ3n) is 3.39. The van der Waals surface area contributed by atoms with E-state index < -0.39 is 4.92 Å². The Bertz CT molecular complexity index is 751. The molecule has 0 bridgehead atoms. The summed E-state index contributed by atoms with van der Waals surface area (Å²) in [6, 6.07) is 13.5. The molecule has 0 amide bonds. The van der Waals surface area contributed by atoms with Crippen molar-refractivity contribution < 1.29 is 14.4 Å². The van der Waals surface area contributed by atoms with Gasteiger partial charge in [-0.05, 0) is 36.5 Å². The smallest absolute Gasteiger partial charge is 0.269 e. The van der Waals surface area contributed by atoms with Gasteiger partial charge in [-0.3, -0.25) is 10.1 Å². The van der Waals surface area contributed by atoms with Crippen molar-refractivity contribution in [1.82, 2.24) is 5.32 Å². The molecule has 0 radical (unpaired) electrons. The number of nitrogens with one attached hydrogen (secondary N) is 2. The van der Waals surface area contributed by atoms with E-state index in [1.807, 2.05) is 24.3 Å². The summed E-state index contributed by atoms with van der Waals surface area (Å²) in [7, 11) is 0. The molecule has 124 valence electrons. The highest BCUT2D eigenvalue weighted by molar-refractivity contribution is 7.80. The van der Waals surface area contributed by atoms with E-state index in [2.05, 4.69) is 10.6 Å². The second-order valence-electron chi connectivity index (χ2n) is 5.14. The summed E-state index contributed by atoms with van der Waals surface area (Å²) >= 11 is 5.21. The van der Waals surface area contributed by atoms with Crippen molar-refractivity contribution in [3.63, 3.8) is 0 Å². The summed E-state index contributed by atoms with van der Waals surface area (Å²) in [6.45, 7) is 0.914. The van der Waals surface area contributed by atoms with Gasteiger partial charge >= 0.3 is 0 Å². The van der Waals surface area contributed by atoms with Crippen LogP contribution in [0.1, 0.15) is 0 Å². The lowest BCUT2D eigenvalue weighted by atomic mass is 10.2. The van der Waals surface area contributed by atoms with Crippen LogP contribution in [0.4, 0.5) is 11.4 Å². The molecule has 0 saturated carbocycles. The number of hydrogen-bond donors (Lipinski definition) is 2. The first-order chi connectivity index (χ1) is 11.6. The molecule has 2 aromatic rings. The first-order valence-electron chi connectivity index (χ1n) is 7.29. The van der Waals surface area contributed by atoms with Gasteiger partial charge in [-0.15, -0.1) is 0 Å². The van der Waals surface area contributed by atoms with Gasteiger partial charge in [-0.25, -0.2) is 0 Å². The number of nitro benzene ring substituents is 1. The maximum Gasteiger partial charge on any atom is 0.269 e. The van der Waals surface area contributed by atoms with E-state index in [1.54, 1.807) is 12.1 Å². The van der Waals surface area contributed by atoms with Crippen molar-refractivity contribution in [2.45, 2.75) is 6.10 Å². The van der Waals surface area contributed by atoms with Crippen LogP contribution in [0, 0.1) is 10.1 Å². The Morgan fingerprint density at radius 3 is 2.62 bits per heavy atom. The van der Waals surface area contributed by atoms with Crippen LogP contribution < -0.4 is 20.1 Å². The van der Waals surface area contributed by atoms with E-state index >= 15 is 0 Å². The average Bonchev–Trinajstić information content (AvgIpc) is 2.60. The number of anilines is 1. The SMILES string of the molecule is O=[N+]([O-])c1ccc(NC(=S)NCC2COc3ccccc3O2)cc1. The molecule has 0 aliphatic carbocycles. The number of benzene rings is 2. The zero-order chi connectivity index (χ0) is 16.9. The van der Waals surface area contributed by atoms with E-state index in [0.717, 1.165) is 5.75 Å². The second-order valence-corrected chi connectivity index (χ2v) is 5.54. The molecule has 1 heterocycles. The Morgan fingerprint density at radius 1 is 1.21 bits per heavy atom. The molecule has 2 N–H and O–H groups in total. The van der Waals surface area contributed by atoms with Crippen molar-refractivity contribution in [1.29, 1.82) is 0 Å². The van der Waals surface area contributed by atoms with Crippen molar-refractivity contribution >= 4 is 28.7 Å². The number of rotatable bonds is 4. The molecule has 8 heteroatoms. The van der Waals surface area contributed by atoms with Gasteiger partial charge < -0.3 is 20.1 Å². The number of non-ortho nitro benzene ring substituents is 1. The van der Waals surface area contributed by atoms with Gasteiger partial charge in [0.05, 0.1) is 11.5 Å². The summed E-state index contributed by atoms with van der Waals surface area (Å²) in [5.74, 6) is 1.45. The van der Waals surface area contributed by atoms with Gasteiger partial charge in [0, 0.05) is 17.8 Å². The molecule has 0 fully saturated rings. The van der Waals surface area contributed by atoms with E-state index in [1.165, 1.54) is 12.1 Å². The van der Waals surface area contributed by atoms with E-state index in [0.29, 0.717) is 29.7 Å². The number of ether oxygens (including phenoxy) is 2. The van der Waals surface area contributed by atoms with Gasteiger partial charge in [-0.2, -0.15) is 0 Å². The molecule has 2 aromatic carbocycles. The third kappa shape index (κ3) is 3.90. The molecular formula is C16H15N3O4S. The fraction of sp³-hybridized carbons (Fsp3) is 0.188. The summed E-state index contributed by atoms with van der Waals surface area (Å²) < 4.78 is 11.5. The minimum atomic E-state index is -0.446. The Kier molecular flexibility index (Phi) is 4.76. The van der Waals surface area contributed by atoms with Gasteiger partial charge in [0.2, 0.25) is 0 Å². The highest BCUT2D eigenvalue weighted by Crippen LogP contribution is 2.30. The molecule has 0 aromatic heterocycles. The zero-order valence-electron chi connectivity index (χ0n) is 12.6. The van der Waals surface area contributed by atoms with Crippen molar-refractivity contribution in [3.8, 4) is 11.5 Å². The summed E-state index contributed by atoms with van der Waals surface area (Å²) in [6.07, 6.45) is -0.156. The van der Waals surface area contributed by atoms with Crippen molar-refractivity contribution in [3.05, 3.63) is 58.6 Å². The normalized spacial score (nSPS) is 15.4. The van der Waals surface area contributed by atoms with E-state index in [4.69, 9.17) is 21.7 Å². The molecule has 1 aliphatic rings. The van der Waals surface area contributed by atoms with Crippen LogP contribution in [-0.4, -0.2) is 29.3 Å². The highest BCUT2D eigenvalue weighted by Gasteiger charge is 2.20. The Labute approximate surface area is 143 Å². The lowest BCUT2D eigenvalue weighted by Crippen LogP contribution is -2.42. The Balaban J connectivity index is 1.48. The van der Waals surface area contributed by atoms with Gasteiger partial charge in [0.25, 0.3) is 5.69 Å². The minimum Gasteiger partial charge on any atom is -0.486 e. The largest absolute Gasteiger partial charge is 0.486 e. The maximum atomic E-state index is 10.6. The maximum absolute atomic E-state index is 10.6. The molecule has 1 atom stereocenters. The van der Waals surface area contributed by atoms with Crippen molar-refractivity contribution in [2.75, 3.05) is 18.5 Å². The minimum absolute atomic E-state index is 0.0332. The van der Waals surface area contributed by atoms with Crippen LogP contribution >= 0.6 is 12.2 Å². The number of hydrogen-bond acceptors (Lipinski definition) is 5. The number of fused-ring (bicyclic) bond motifs is 1. The highest BCUT2D eigenvalue weighted by atomic mass is 32.1. The molecule has 24 heavy (non-hydrogen) atoms. The predicted octanol–water partition coefficient (Wildman–Crippen LogP) is 2.72. The van der Waals surface area contributed by atoms with Crippen LogP contribution in [0.15, 0.2) is 48.5 Å². The van der Waals surface area contributed by atoms with Crippen LogP contribution in [0.3, 0.4) is 0 Å². The number of nitrogens with zero attached hydrogens (tertiary/aromatic N) is 1. The quantitative estimate of drug-likeness (QED) is 0.500. The Hall–Kier alpha value is -2.87. The summed E-state index contributed by atoms with van der Waals surface area (Å²) in [5, 5.41) is 17.0. The van der Waals surface area contributed by atoms with Gasteiger partial charge in [-0.1, -0.05) is 12.1 Å². The van der Waals surface area contributed by atoms with Crippen LogP contribution in [0.25, 0.3) is 0 Å². The molecule has 0 spiro atoms. The fourth-order valence-corrected chi connectivity index (χ4v) is 2.41. The van der Waals surface area contributed by atoms with Gasteiger partial charge in [0.15, 0.2) is 16.6 Å². The Morgan fingerprint density at radius 2 is 1.92 bits per heavy atom. The molecule has 1 aliphatic heterocycles. The fourth-order valence-electron chi connectivity index (χ4n) is 2.21. The molecule has 3 rings (SSSR count). The van der Waals surface area contributed by atoms with Gasteiger partial charge in [0.1, 0.15) is 12.7 Å². The summed E-state index contributed by atoms with van der Waals surface area (Å²) in [4.78, 5) is 10.2. The molecule has 1 unspecified atom stereocenters. The lowest BCUT2D eigenvalue weighted by Gasteiger charge is -2.26. The van der Waals surface area contributed by atoms with Crippen LogP contribution in [-0.2, 0) is 0 Å². The molecular weight excluding hydrogens is 330 g/mol. The van der Waals surface area contributed by atoms with E-state index in [9.17, 15) is 10.1 Å². The monoisotopic (exact) mass is 345 g/mol. The number of thiocarbonyl (C=S) groups is 1. The zero-order valence-corrected chi connectivity index (χ0v) is 13.4. The van der Waals surface area contributed by atoms with Crippen molar-refractivity contribution in [2.24, 2.45) is 0 Å². The summed E-state index contributed by atoms with van der Waals surface area (Å²) in [5.41, 5.74) is 0.704. The number of nitro groups is 1.